The van der Waals surface area contributed by atoms with Crippen LogP contribution in [0.4, 0.5) is 5.69 Å². The summed E-state index contributed by atoms with van der Waals surface area (Å²) in [5.41, 5.74) is 5.76. The van der Waals surface area contributed by atoms with Gasteiger partial charge >= 0.3 is 0 Å². The van der Waals surface area contributed by atoms with E-state index in [0.717, 1.165) is 30.0 Å². The zero-order chi connectivity index (χ0) is 26.1. The summed E-state index contributed by atoms with van der Waals surface area (Å²) in [7, 11) is 0. The van der Waals surface area contributed by atoms with Crippen molar-refractivity contribution in [3.63, 3.8) is 0 Å². The minimum atomic E-state index is -0.0887. The summed E-state index contributed by atoms with van der Waals surface area (Å²) in [5.74, 6) is 0.764. The molecule has 1 N–H and O–H groups in total. The highest BCUT2D eigenvalue weighted by atomic mass is 32.1. The van der Waals surface area contributed by atoms with Crippen LogP contribution in [0.2, 0.25) is 0 Å². The van der Waals surface area contributed by atoms with Gasteiger partial charge in [-0.25, -0.2) is 0 Å². The molecule has 0 aliphatic rings. The SMILES string of the molecule is CCCCCCCCCCCCCCOc1ccc(NC(=O)c2ccccc2C[n+]2cscc2C)cc1. The van der Waals surface area contributed by atoms with Crippen molar-refractivity contribution in [1.29, 1.82) is 0 Å². The van der Waals surface area contributed by atoms with Gasteiger partial charge in [-0.15, -0.1) is 0 Å². The van der Waals surface area contributed by atoms with Gasteiger partial charge in [0.2, 0.25) is 5.51 Å². The molecule has 1 heterocycles. The average molecular weight is 522 g/mol. The Kier molecular flexibility index (Phi) is 13.3. The summed E-state index contributed by atoms with van der Waals surface area (Å²) in [5, 5.41) is 5.15. The molecule has 0 saturated carbocycles. The lowest BCUT2D eigenvalue weighted by atomic mass is 10.1. The molecule has 0 radical (unpaired) electrons. The van der Waals surface area contributed by atoms with Gasteiger partial charge in [-0.3, -0.25) is 4.79 Å². The van der Waals surface area contributed by atoms with Crippen LogP contribution in [-0.2, 0) is 6.54 Å². The molecule has 0 atom stereocenters. The van der Waals surface area contributed by atoms with Gasteiger partial charge in [0.25, 0.3) is 5.91 Å². The summed E-state index contributed by atoms with van der Waals surface area (Å²) in [6, 6.07) is 15.5. The summed E-state index contributed by atoms with van der Waals surface area (Å²) in [6.45, 7) is 5.79. The number of nitrogens with one attached hydrogen (secondary N) is 1. The Morgan fingerprint density at radius 3 is 2.08 bits per heavy atom. The Morgan fingerprint density at radius 2 is 1.46 bits per heavy atom. The number of nitrogens with zero attached hydrogens (tertiary/aromatic N) is 1. The molecular formula is C32H45N2O2S+. The van der Waals surface area contributed by atoms with Crippen LogP contribution in [0.25, 0.3) is 0 Å². The van der Waals surface area contributed by atoms with E-state index in [9.17, 15) is 4.79 Å². The smallest absolute Gasteiger partial charge is 0.256 e. The molecular weight excluding hydrogens is 476 g/mol. The molecule has 1 aromatic heterocycles. The van der Waals surface area contributed by atoms with Crippen molar-refractivity contribution in [2.24, 2.45) is 0 Å². The van der Waals surface area contributed by atoms with E-state index >= 15 is 0 Å². The zero-order valence-electron chi connectivity index (χ0n) is 22.8. The molecule has 0 saturated heterocycles. The quantitative estimate of drug-likeness (QED) is 0.134. The number of unbranched alkanes of at least 4 members (excludes halogenated alkanes) is 11. The summed E-state index contributed by atoms with van der Waals surface area (Å²) in [6.07, 6.45) is 16.1. The van der Waals surface area contributed by atoms with Crippen molar-refractivity contribution in [2.45, 2.75) is 97.4 Å². The maximum Gasteiger partial charge on any atom is 0.256 e. The number of benzene rings is 2. The van der Waals surface area contributed by atoms with E-state index in [-0.39, 0.29) is 5.91 Å². The van der Waals surface area contributed by atoms with E-state index in [4.69, 9.17) is 4.74 Å². The van der Waals surface area contributed by atoms with E-state index in [1.807, 2.05) is 48.5 Å². The van der Waals surface area contributed by atoms with Crippen molar-refractivity contribution in [2.75, 3.05) is 11.9 Å². The third kappa shape index (κ3) is 10.7. The zero-order valence-corrected chi connectivity index (χ0v) is 23.7. The van der Waals surface area contributed by atoms with Crippen molar-refractivity contribution in [3.8, 4) is 5.75 Å². The van der Waals surface area contributed by atoms with Gasteiger partial charge in [-0.2, -0.15) is 4.57 Å². The number of aromatic nitrogens is 1. The number of rotatable bonds is 18. The Morgan fingerprint density at radius 1 is 0.838 bits per heavy atom. The van der Waals surface area contributed by atoms with Gasteiger partial charge in [0.05, 0.1) is 12.0 Å². The number of hydrogen-bond acceptors (Lipinski definition) is 3. The van der Waals surface area contributed by atoms with Gasteiger partial charge in [-0.05, 0) is 36.8 Å². The van der Waals surface area contributed by atoms with Crippen LogP contribution in [0.15, 0.2) is 59.4 Å². The lowest BCUT2D eigenvalue weighted by Crippen LogP contribution is -2.35. The number of carbonyl (C=O) groups excluding carboxylic acids is 1. The fourth-order valence-electron chi connectivity index (χ4n) is 4.54. The van der Waals surface area contributed by atoms with Crippen LogP contribution >= 0.6 is 11.3 Å². The average Bonchev–Trinajstić information content (AvgIpc) is 3.32. The molecule has 0 unspecified atom stereocenters. The largest absolute Gasteiger partial charge is 0.494 e. The molecule has 0 aliphatic carbocycles. The molecule has 0 aliphatic heterocycles. The molecule has 3 rings (SSSR count). The minimum absolute atomic E-state index is 0.0887. The Hall–Kier alpha value is -2.66. The normalized spacial score (nSPS) is 11.0. The third-order valence-electron chi connectivity index (χ3n) is 6.86. The minimum Gasteiger partial charge on any atom is -0.494 e. The lowest BCUT2D eigenvalue weighted by Gasteiger charge is -2.10. The molecule has 3 aromatic rings. The van der Waals surface area contributed by atoms with Crippen LogP contribution < -0.4 is 14.6 Å². The highest BCUT2D eigenvalue weighted by Gasteiger charge is 2.16. The number of anilines is 1. The number of amides is 1. The first-order valence-corrected chi connectivity index (χ1v) is 15.2. The van der Waals surface area contributed by atoms with Gasteiger partial charge in [-0.1, -0.05) is 107 Å². The molecule has 4 nitrogen and oxygen atoms in total. The first kappa shape index (κ1) is 28.9. The predicted molar refractivity (Wildman–Crippen MR) is 156 cm³/mol. The van der Waals surface area contributed by atoms with Crippen molar-refractivity contribution in [3.05, 3.63) is 76.2 Å². The monoisotopic (exact) mass is 521 g/mol. The second kappa shape index (κ2) is 17.0. The second-order valence-electron chi connectivity index (χ2n) is 10.0. The standard InChI is InChI=1S/C32H44N2O2S/c1-3-4-5-6-7-8-9-10-11-12-13-16-23-36-30-21-19-29(20-22-30)33-32(35)31-18-15-14-17-28(31)24-34-26-37-25-27(34)2/h14-15,17-22,25-26H,3-13,16,23-24H2,1-2H3/p+1. The Labute approximate surface area is 228 Å². The van der Waals surface area contributed by atoms with Crippen LogP contribution in [0.5, 0.6) is 5.75 Å². The first-order chi connectivity index (χ1) is 18.2. The third-order valence-corrected chi connectivity index (χ3v) is 7.71. The summed E-state index contributed by atoms with van der Waals surface area (Å²) in [4.78, 5) is 13.0. The molecule has 2 aromatic carbocycles. The lowest BCUT2D eigenvalue weighted by molar-refractivity contribution is -0.689. The van der Waals surface area contributed by atoms with Crippen molar-refractivity contribution in [1.82, 2.24) is 0 Å². The number of aryl methyl sites for hydroxylation is 1. The van der Waals surface area contributed by atoms with Gasteiger partial charge in [0, 0.05) is 23.7 Å². The second-order valence-corrected chi connectivity index (χ2v) is 10.7. The molecule has 200 valence electrons. The van der Waals surface area contributed by atoms with E-state index in [1.165, 1.54) is 76.3 Å². The molecule has 5 heteroatoms. The summed E-state index contributed by atoms with van der Waals surface area (Å²) >= 11 is 1.67. The Balaban J connectivity index is 1.31. The van der Waals surface area contributed by atoms with Crippen molar-refractivity contribution < 1.29 is 14.1 Å². The molecule has 0 fully saturated rings. The van der Waals surface area contributed by atoms with Crippen LogP contribution in [-0.4, -0.2) is 12.5 Å². The molecule has 0 spiro atoms. The van der Waals surface area contributed by atoms with Gasteiger partial charge in [0.15, 0.2) is 12.2 Å². The van der Waals surface area contributed by atoms with E-state index in [1.54, 1.807) is 11.3 Å². The van der Waals surface area contributed by atoms with E-state index in [0.29, 0.717) is 12.1 Å². The van der Waals surface area contributed by atoms with E-state index in [2.05, 4.69) is 34.6 Å². The van der Waals surface area contributed by atoms with E-state index < -0.39 is 0 Å². The van der Waals surface area contributed by atoms with Crippen LogP contribution in [0.3, 0.4) is 0 Å². The number of thiazole rings is 1. The highest BCUT2D eigenvalue weighted by Crippen LogP contribution is 2.19. The predicted octanol–water partition coefficient (Wildman–Crippen LogP) is 8.72. The maximum atomic E-state index is 13.0. The summed E-state index contributed by atoms with van der Waals surface area (Å²) < 4.78 is 8.08. The maximum absolute atomic E-state index is 13.0. The highest BCUT2D eigenvalue weighted by molar-refractivity contribution is 7.07. The molecule has 37 heavy (non-hydrogen) atoms. The number of carbonyl (C=O) groups is 1. The van der Waals surface area contributed by atoms with Crippen LogP contribution in [0, 0.1) is 6.92 Å². The number of ether oxygens (including phenoxy) is 1. The number of hydrogen-bond donors (Lipinski definition) is 1. The van der Waals surface area contributed by atoms with Crippen molar-refractivity contribution >= 4 is 22.9 Å². The fourth-order valence-corrected chi connectivity index (χ4v) is 5.33. The molecule has 0 bridgehead atoms. The van der Waals surface area contributed by atoms with Gasteiger partial charge in [0.1, 0.15) is 5.75 Å². The fraction of sp³-hybridized carbons (Fsp3) is 0.500. The van der Waals surface area contributed by atoms with Crippen LogP contribution in [0.1, 0.15) is 106 Å². The molecule has 1 amide bonds. The van der Waals surface area contributed by atoms with Gasteiger partial charge < -0.3 is 10.1 Å². The first-order valence-electron chi connectivity index (χ1n) is 14.2. The topological polar surface area (TPSA) is 42.2 Å². The Bertz CT molecular complexity index is 1040.